The highest BCUT2D eigenvalue weighted by atomic mass is 19.1. The second-order valence-electron chi connectivity index (χ2n) is 5.43. The number of nitrogens with one attached hydrogen (secondary N) is 1. The van der Waals surface area contributed by atoms with Crippen LogP contribution in [0.5, 0.6) is 0 Å². The van der Waals surface area contributed by atoms with Crippen LogP contribution in [-0.2, 0) is 6.42 Å². The summed E-state index contributed by atoms with van der Waals surface area (Å²) in [5.41, 5.74) is 2.57. The first-order valence-electron chi connectivity index (χ1n) is 7.29. The van der Waals surface area contributed by atoms with Gasteiger partial charge in [-0.15, -0.1) is 0 Å². The lowest BCUT2D eigenvalue weighted by molar-refractivity contribution is 0.136. The molecule has 0 aromatic heterocycles. The zero-order valence-electron chi connectivity index (χ0n) is 12.5. The Kier molecular flexibility index (Phi) is 5.48. The highest BCUT2D eigenvalue weighted by molar-refractivity contribution is 5.26. The summed E-state index contributed by atoms with van der Waals surface area (Å²) in [5.74, 6) is -0.240. The molecule has 0 aliphatic heterocycles. The van der Waals surface area contributed by atoms with Crippen LogP contribution in [0.3, 0.4) is 0 Å². The fourth-order valence-corrected chi connectivity index (χ4v) is 2.34. The molecule has 0 radical (unpaired) electrons. The van der Waals surface area contributed by atoms with Crippen molar-refractivity contribution in [1.82, 2.24) is 5.32 Å². The summed E-state index contributed by atoms with van der Waals surface area (Å²) in [5, 5.41) is 13.6. The number of benzene rings is 2. The zero-order valence-corrected chi connectivity index (χ0v) is 12.5. The molecule has 112 valence electrons. The molecule has 2 rings (SSSR count). The molecule has 0 spiro atoms. The van der Waals surface area contributed by atoms with Gasteiger partial charge >= 0.3 is 0 Å². The van der Waals surface area contributed by atoms with E-state index in [1.54, 1.807) is 19.1 Å². The predicted octanol–water partition coefficient (Wildman–Crippen LogP) is 3.39. The first-order valence-corrected chi connectivity index (χ1v) is 7.29. The van der Waals surface area contributed by atoms with Gasteiger partial charge in [-0.05, 0) is 49.6 Å². The third kappa shape index (κ3) is 4.38. The molecule has 0 fully saturated rings. The summed E-state index contributed by atoms with van der Waals surface area (Å²) >= 11 is 0. The molecule has 0 saturated carbocycles. The Morgan fingerprint density at radius 2 is 1.86 bits per heavy atom. The molecular weight excluding hydrogens is 265 g/mol. The Hall–Kier alpha value is -1.71. The third-order valence-electron chi connectivity index (χ3n) is 3.72. The van der Waals surface area contributed by atoms with Gasteiger partial charge in [0.05, 0.1) is 6.10 Å². The monoisotopic (exact) mass is 287 g/mol. The van der Waals surface area contributed by atoms with Gasteiger partial charge in [0, 0.05) is 6.04 Å². The highest BCUT2D eigenvalue weighted by Crippen LogP contribution is 2.19. The van der Waals surface area contributed by atoms with E-state index in [9.17, 15) is 9.50 Å². The average molecular weight is 287 g/mol. The lowest BCUT2D eigenvalue weighted by atomic mass is 10.0. The van der Waals surface area contributed by atoms with E-state index in [0.717, 1.165) is 18.5 Å². The molecule has 21 heavy (non-hydrogen) atoms. The van der Waals surface area contributed by atoms with Gasteiger partial charge in [0.15, 0.2) is 0 Å². The van der Waals surface area contributed by atoms with Crippen LogP contribution in [0.25, 0.3) is 0 Å². The van der Waals surface area contributed by atoms with Crippen molar-refractivity contribution in [3.63, 3.8) is 0 Å². The Morgan fingerprint density at radius 3 is 2.52 bits per heavy atom. The molecule has 3 heteroatoms. The van der Waals surface area contributed by atoms with Crippen LogP contribution in [0.4, 0.5) is 4.39 Å². The smallest absolute Gasteiger partial charge is 0.126 e. The van der Waals surface area contributed by atoms with E-state index in [2.05, 4.69) is 17.4 Å². The molecule has 0 saturated heterocycles. The largest absolute Gasteiger partial charge is 0.387 e. The van der Waals surface area contributed by atoms with Crippen molar-refractivity contribution in [2.75, 3.05) is 6.54 Å². The van der Waals surface area contributed by atoms with Gasteiger partial charge in [-0.25, -0.2) is 4.39 Å². The molecule has 2 unspecified atom stereocenters. The van der Waals surface area contributed by atoms with E-state index in [0.29, 0.717) is 5.56 Å². The Labute approximate surface area is 125 Å². The molecule has 2 atom stereocenters. The Balaban J connectivity index is 1.87. The maximum absolute atomic E-state index is 13.3. The number of hydrogen-bond acceptors (Lipinski definition) is 2. The first kappa shape index (κ1) is 15.7. The van der Waals surface area contributed by atoms with E-state index in [4.69, 9.17) is 0 Å². The van der Waals surface area contributed by atoms with E-state index in [1.807, 2.05) is 25.1 Å². The van der Waals surface area contributed by atoms with E-state index < -0.39 is 6.10 Å². The number of aliphatic hydroxyl groups is 1. The summed E-state index contributed by atoms with van der Waals surface area (Å²) in [6.07, 6.45) is 0.278. The molecule has 0 amide bonds. The topological polar surface area (TPSA) is 32.3 Å². The lowest BCUT2D eigenvalue weighted by Gasteiger charge is -2.21. The quantitative estimate of drug-likeness (QED) is 0.853. The average Bonchev–Trinajstić information content (AvgIpc) is 2.50. The van der Waals surface area contributed by atoms with Gasteiger partial charge in [-0.3, -0.25) is 0 Å². The summed E-state index contributed by atoms with van der Waals surface area (Å²) < 4.78 is 13.3. The number of hydrogen-bond donors (Lipinski definition) is 2. The minimum Gasteiger partial charge on any atom is -0.387 e. The molecule has 2 aromatic carbocycles. The predicted molar refractivity (Wildman–Crippen MR) is 83.7 cm³/mol. The van der Waals surface area contributed by atoms with Gasteiger partial charge in [0.1, 0.15) is 5.82 Å². The number of rotatable bonds is 6. The summed E-state index contributed by atoms with van der Waals surface area (Å²) in [6.45, 7) is 4.44. The maximum Gasteiger partial charge on any atom is 0.126 e. The highest BCUT2D eigenvalue weighted by Gasteiger charge is 2.16. The minimum atomic E-state index is -0.639. The molecular formula is C18H22FNO. The van der Waals surface area contributed by atoms with Gasteiger partial charge in [0.2, 0.25) is 0 Å². The van der Waals surface area contributed by atoms with E-state index >= 15 is 0 Å². The van der Waals surface area contributed by atoms with E-state index in [1.165, 1.54) is 11.6 Å². The fourth-order valence-electron chi connectivity index (χ4n) is 2.34. The van der Waals surface area contributed by atoms with Gasteiger partial charge < -0.3 is 10.4 Å². The number of aliphatic hydroxyl groups excluding tert-OH is 1. The van der Waals surface area contributed by atoms with Crippen molar-refractivity contribution < 1.29 is 9.50 Å². The van der Waals surface area contributed by atoms with Crippen molar-refractivity contribution in [1.29, 1.82) is 0 Å². The van der Waals surface area contributed by atoms with Crippen molar-refractivity contribution >= 4 is 0 Å². The molecule has 0 aliphatic carbocycles. The van der Waals surface area contributed by atoms with Gasteiger partial charge in [-0.1, -0.05) is 42.5 Å². The van der Waals surface area contributed by atoms with Crippen molar-refractivity contribution in [3.05, 3.63) is 71.0 Å². The number of halogens is 1. The van der Waals surface area contributed by atoms with Crippen LogP contribution in [0.15, 0.2) is 48.5 Å². The first-order chi connectivity index (χ1) is 10.1. The van der Waals surface area contributed by atoms with Crippen LogP contribution < -0.4 is 5.32 Å². The second kappa shape index (κ2) is 7.34. The molecule has 2 N–H and O–H groups in total. The van der Waals surface area contributed by atoms with Crippen LogP contribution in [0, 0.1) is 12.7 Å². The maximum atomic E-state index is 13.3. The van der Waals surface area contributed by atoms with Crippen LogP contribution in [0.1, 0.15) is 29.7 Å². The normalized spacial score (nSPS) is 13.9. The standard InChI is InChI=1S/C18H22FNO/c1-13-12-16(8-9-17(13)19)18(21)14(2)20-11-10-15-6-4-3-5-7-15/h3-9,12,14,18,20-21H,10-11H2,1-2H3. The van der Waals surface area contributed by atoms with Crippen LogP contribution >= 0.6 is 0 Å². The molecule has 0 bridgehead atoms. The van der Waals surface area contributed by atoms with Crippen LogP contribution in [-0.4, -0.2) is 17.7 Å². The molecule has 0 aliphatic rings. The van der Waals surface area contributed by atoms with Crippen molar-refractivity contribution in [2.24, 2.45) is 0 Å². The van der Waals surface area contributed by atoms with Crippen molar-refractivity contribution in [2.45, 2.75) is 32.4 Å². The Morgan fingerprint density at radius 1 is 1.14 bits per heavy atom. The third-order valence-corrected chi connectivity index (χ3v) is 3.72. The number of aryl methyl sites for hydroxylation is 1. The fraction of sp³-hybridized carbons (Fsp3) is 0.333. The van der Waals surface area contributed by atoms with Crippen LogP contribution in [0.2, 0.25) is 0 Å². The lowest BCUT2D eigenvalue weighted by Crippen LogP contribution is -2.33. The van der Waals surface area contributed by atoms with Gasteiger partial charge in [0.25, 0.3) is 0 Å². The minimum absolute atomic E-state index is 0.0847. The Bertz CT molecular complexity index is 571. The zero-order chi connectivity index (χ0) is 15.2. The summed E-state index contributed by atoms with van der Waals surface area (Å²) in [6, 6.07) is 14.9. The summed E-state index contributed by atoms with van der Waals surface area (Å²) in [7, 11) is 0. The molecule has 2 aromatic rings. The summed E-state index contributed by atoms with van der Waals surface area (Å²) in [4.78, 5) is 0. The van der Waals surface area contributed by atoms with Crippen molar-refractivity contribution in [3.8, 4) is 0 Å². The van der Waals surface area contributed by atoms with E-state index in [-0.39, 0.29) is 11.9 Å². The SMILES string of the molecule is Cc1cc(C(O)C(C)NCCc2ccccc2)ccc1F. The second-order valence-corrected chi connectivity index (χ2v) is 5.43. The molecule has 0 heterocycles. The van der Waals surface area contributed by atoms with Gasteiger partial charge in [-0.2, -0.15) is 0 Å². The molecule has 2 nitrogen and oxygen atoms in total.